The molecule has 15 heavy (non-hydrogen) atoms. The van der Waals surface area contributed by atoms with Crippen molar-refractivity contribution in [2.75, 3.05) is 0 Å². The zero-order valence-electron chi connectivity index (χ0n) is 7.35. The Kier molecular flexibility index (Phi) is 5.43. The number of hydrogen-bond acceptors (Lipinski definition) is 3. The lowest BCUT2D eigenvalue weighted by Gasteiger charge is -2.00. The maximum atomic E-state index is 9.43. The number of nitrogens with zero attached hydrogens (tertiary/aromatic N) is 2. The number of pyridine rings is 1. The smallest absolute Gasteiger partial charge is 0.144 e. The summed E-state index contributed by atoms with van der Waals surface area (Å²) >= 11 is 5.67. The third-order valence-corrected chi connectivity index (χ3v) is 1.81. The van der Waals surface area contributed by atoms with Gasteiger partial charge in [0, 0.05) is 12.4 Å². The van der Waals surface area contributed by atoms with Crippen LogP contribution in [0.25, 0.3) is 11.4 Å². The summed E-state index contributed by atoms with van der Waals surface area (Å²) in [5.41, 5.74) is 0.546. The molecule has 2 rings (SSSR count). The van der Waals surface area contributed by atoms with Gasteiger partial charge in [0.2, 0.25) is 0 Å². The second kappa shape index (κ2) is 5.80. The number of imidazole rings is 1. The number of nitrogens with one attached hydrogen (secondary N) is 1. The van der Waals surface area contributed by atoms with Gasteiger partial charge in [-0.1, -0.05) is 11.6 Å². The van der Waals surface area contributed by atoms with Crippen molar-refractivity contribution in [3.8, 4) is 17.1 Å². The van der Waals surface area contributed by atoms with E-state index in [9.17, 15) is 5.11 Å². The highest BCUT2D eigenvalue weighted by Crippen LogP contribution is 2.27. The predicted molar refractivity (Wildman–Crippen MR) is 63.0 cm³/mol. The lowest BCUT2D eigenvalue weighted by Crippen LogP contribution is -1.83. The molecule has 82 valence electrons. The van der Waals surface area contributed by atoms with Crippen molar-refractivity contribution in [1.29, 1.82) is 0 Å². The SMILES string of the molecule is Cl.Cl.Oc1cnc(Cl)cc1-c1ncc[nH]1. The van der Waals surface area contributed by atoms with Crippen LogP contribution in [0.15, 0.2) is 24.7 Å². The average molecular weight is 269 g/mol. The highest BCUT2D eigenvalue weighted by atomic mass is 35.5. The molecule has 0 unspecified atom stereocenters. The number of halogens is 3. The molecule has 0 aliphatic heterocycles. The summed E-state index contributed by atoms with van der Waals surface area (Å²) < 4.78 is 0. The Morgan fingerprint density at radius 1 is 1.27 bits per heavy atom. The van der Waals surface area contributed by atoms with Crippen molar-refractivity contribution in [3.05, 3.63) is 29.8 Å². The Morgan fingerprint density at radius 3 is 2.60 bits per heavy atom. The van der Waals surface area contributed by atoms with Crippen LogP contribution in [-0.4, -0.2) is 20.1 Å². The van der Waals surface area contributed by atoms with Crippen molar-refractivity contribution >= 4 is 36.4 Å². The maximum absolute atomic E-state index is 9.43. The van der Waals surface area contributed by atoms with Crippen LogP contribution in [0, 0.1) is 0 Å². The first-order valence-corrected chi connectivity index (χ1v) is 3.99. The molecule has 0 bridgehead atoms. The van der Waals surface area contributed by atoms with E-state index < -0.39 is 0 Å². The first-order chi connectivity index (χ1) is 6.27. The Hall–Kier alpha value is -0.970. The van der Waals surface area contributed by atoms with Crippen molar-refractivity contribution in [3.63, 3.8) is 0 Å². The quantitative estimate of drug-likeness (QED) is 0.782. The van der Waals surface area contributed by atoms with E-state index in [0.29, 0.717) is 16.5 Å². The first kappa shape index (κ1) is 14.0. The lowest BCUT2D eigenvalue weighted by molar-refractivity contribution is 0.474. The van der Waals surface area contributed by atoms with Gasteiger partial charge in [-0.15, -0.1) is 24.8 Å². The number of aromatic amines is 1. The van der Waals surface area contributed by atoms with Gasteiger partial charge in [0.1, 0.15) is 16.7 Å². The standard InChI is InChI=1S/C8H6ClN3O.2ClH/c9-7-3-5(6(13)4-12-7)8-10-1-2-11-8;;/h1-4,13H,(H,10,11);2*1H. The minimum Gasteiger partial charge on any atom is -0.506 e. The van der Waals surface area contributed by atoms with Crippen LogP contribution >= 0.6 is 36.4 Å². The van der Waals surface area contributed by atoms with Crippen LogP contribution in [0.3, 0.4) is 0 Å². The summed E-state index contributed by atoms with van der Waals surface area (Å²) in [4.78, 5) is 10.6. The van der Waals surface area contributed by atoms with E-state index in [0.717, 1.165) is 0 Å². The summed E-state index contributed by atoms with van der Waals surface area (Å²) in [7, 11) is 0. The van der Waals surface area contributed by atoms with Crippen LogP contribution in [-0.2, 0) is 0 Å². The molecule has 2 aromatic rings. The summed E-state index contributed by atoms with van der Waals surface area (Å²) in [6.07, 6.45) is 4.56. The van der Waals surface area contributed by atoms with Gasteiger partial charge >= 0.3 is 0 Å². The van der Waals surface area contributed by atoms with Gasteiger partial charge in [-0.2, -0.15) is 0 Å². The van der Waals surface area contributed by atoms with E-state index in [2.05, 4.69) is 15.0 Å². The zero-order chi connectivity index (χ0) is 9.26. The van der Waals surface area contributed by atoms with Gasteiger partial charge in [0.15, 0.2) is 0 Å². The molecule has 0 fully saturated rings. The Bertz CT molecular complexity index is 419. The summed E-state index contributed by atoms with van der Waals surface area (Å²) in [5.74, 6) is 0.626. The fourth-order valence-corrected chi connectivity index (χ4v) is 1.18. The molecule has 0 saturated heterocycles. The van der Waals surface area contributed by atoms with Crippen molar-refractivity contribution in [2.45, 2.75) is 0 Å². The Balaban J connectivity index is 0.000000980. The fourth-order valence-electron chi connectivity index (χ4n) is 1.02. The van der Waals surface area contributed by atoms with Gasteiger partial charge in [-0.05, 0) is 6.07 Å². The topological polar surface area (TPSA) is 61.8 Å². The number of aromatic nitrogens is 3. The summed E-state index contributed by atoms with van der Waals surface area (Å²) in [5, 5.41) is 9.75. The molecule has 0 atom stereocenters. The van der Waals surface area contributed by atoms with E-state index in [-0.39, 0.29) is 30.6 Å². The molecule has 0 saturated carbocycles. The van der Waals surface area contributed by atoms with Crippen molar-refractivity contribution in [1.82, 2.24) is 15.0 Å². The molecule has 0 spiro atoms. The predicted octanol–water partition coefficient (Wildman–Crippen LogP) is 2.67. The molecule has 0 aliphatic rings. The monoisotopic (exact) mass is 267 g/mol. The van der Waals surface area contributed by atoms with E-state index in [1.807, 2.05) is 0 Å². The molecule has 2 heterocycles. The van der Waals surface area contributed by atoms with Gasteiger partial charge in [0.05, 0.1) is 11.8 Å². The van der Waals surface area contributed by atoms with Gasteiger partial charge in [-0.3, -0.25) is 0 Å². The largest absolute Gasteiger partial charge is 0.506 e. The van der Waals surface area contributed by atoms with Crippen LogP contribution in [0.5, 0.6) is 5.75 Å². The molecule has 0 radical (unpaired) electrons. The van der Waals surface area contributed by atoms with Gasteiger partial charge < -0.3 is 10.1 Å². The molecule has 0 amide bonds. The summed E-state index contributed by atoms with van der Waals surface area (Å²) in [6, 6.07) is 1.55. The van der Waals surface area contributed by atoms with Gasteiger partial charge in [-0.25, -0.2) is 9.97 Å². The number of hydrogen-bond donors (Lipinski definition) is 2. The van der Waals surface area contributed by atoms with Crippen LogP contribution in [0.1, 0.15) is 0 Å². The van der Waals surface area contributed by atoms with E-state index in [4.69, 9.17) is 11.6 Å². The molecule has 2 N–H and O–H groups in total. The fraction of sp³-hybridized carbons (Fsp3) is 0. The van der Waals surface area contributed by atoms with Crippen LogP contribution in [0.2, 0.25) is 5.15 Å². The third kappa shape index (κ3) is 2.99. The van der Waals surface area contributed by atoms with Crippen molar-refractivity contribution in [2.24, 2.45) is 0 Å². The molecule has 2 aromatic heterocycles. The third-order valence-electron chi connectivity index (χ3n) is 1.60. The minimum atomic E-state index is 0. The van der Waals surface area contributed by atoms with Crippen LogP contribution in [0.4, 0.5) is 0 Å². The molecule has 7 heteroatoms. The molecular formula is C8H8Cl3N3O. The van der Waals surface area contributed by atoms with Crippen molar-refractivity contribution < 1.29 is 5.11 Å². The van der Waals surface area contributed by atoms with Crippen LogP contribution < -0.4 is 0 Å². The zero-order valence-corrected chi connectivity index (χ0v) is 9.73. The highest BCUT2D eigenvalue weighted by molar-refractivity contribution is 6.29. The maximum Gasteiger partial charge on any atom is 0.144 e. The van der Waals surface area contributed by atoms with E-state index in [1.165, 1.54) is 6.20 Å². The average Bonchev–Trinajstić information content (AvgIpc) is 2.61. The van der Waals surface area contributed by atoms with Gasteiger partial charge in [0.25, 0.3) is 0 Å². The normalized spacial score (nSPS) is 8.87. The Labute approximate surface area is 104 Å². The lowest BCUT2D eigenvalue weighted by atomic mass is 10.2. The number of rotatable bonds is 1. The summed E-state index contributed by atoms with van der Waals surface area (Å²) in [6.45, 7) is 0. The second-order valence-corrected chi connectivity index (χ2v) is 2.85. The first-order valence-electron chi connectivity index (χ1n) is 3.61. The number of aromatic hydroxyl groups is 1. The second-order valence-electron chi connectivity index (χ2n) is 2.46. The van der Waals surface area contributed by atoms with E-state index in [1.54, 1.807) is 18.5 Å². The number of H-pyrrole nitrogens is 1. The molecule has 4 nitrogen and oxygen atoms in total. The van der Waals surface area contributed by atoms with E-state index >= 15 is 0 Å². The Morgan fingerprint density at radius 2 is 2.00 bits per heavy atom. The highest BCUT2D eigenvalue weighted by Gasteiger charge is 2.07. The molecule has 0 aromatic carbocycles. The molecule has 0 aliphatic carbocycles. The molecular weight excluding hydrogens is 260 g/mol. The minimum absolute atomic E-state index is 0.